The summed E-state index contributed by atoms with van der Waals surface area (Å²) < 4.78 is 208. The van der Waals surface area contributed by atoms with Crippen LogP contribution < -0.4 is 22.9 Å². The average Bonchev–Trinajstić information content (AvgIpc) is 1.67. The van der Waals surface area contributed by atoms with Crippen LogP contribution in [0.3, 0.4) is 0 Å². The fraction of sp³-hybridized carbons (Fsp3) is 0.526. The Balaban J connectivity index is 0.000000193. The molecule has 78 nitrogen and oxygen atoms in total. The molecular weight excluding hydrogens is 2020 g/mol. The lowest BCUT2D eigenvalue weighted by Gasteiger charge is -2.19. The third-order valence-corrected chi connectivity index (χ3v) is 30.4. The number of imidazole rings is 2. The molecule has 0 bridgehead atoms. The highest BCUT2D eigenvalue weighted by Gasteiger charge is 2.52. The summed E-state index contributed by atoms with van der Waals surface area (Å²) in [4.78, 5) is 186. The van der Waals surface area contributed by atoms with Crippen LogP contribution in [0.15, 0.2) is 35.5 Å². The summed E-state index contributed by atoms with van der Waals surface area (Å²) in [6.07, 6.45) is -16.0. The van der Waals surface area contributed by atoms with Gasteiger partial charge in [-0.25, -0.2) is 105 Å². The second-order valence-corrected chi connectivity index (χ2v) is 41.9. The zero-order chi connectivity index (χ0) is 95.6. The minimum atomic E-state index is -5.76. The van der Waals surface area contributed by atoms with Gasteiger partial charge < -0.3 is 151 Å². The molecule has 4 aliphatic rings. The van der Waals surface area contributed by atoms with Gasteiger partial charge in [-0.2, -0.15) is 43.8 Å². The van der Waals surface area contributed by atoms with E-state index >= 15 is 0 Å². The molecule has 0 aromatic carbocycles. The van der Waals surface area contributed by atoms with Gasteiger partial charge in [-0.3, -0.25) is 27.2 Å². The van der Waals surface area contributed by atoms with Gasteiger partial charge in [0, 0.05) is 22.7 Å². The molecule has 4 aliphatic heterocycles. The van der Waals surface area contributed by atoms with Crippen LogP contribution in [0.4, 0.5) is 35.2 Å². The topological polar surface area (TPSA) is 1200 Å². The van der Waals surface area contributed by atoms with E-state index in [-0.39, 0.29) is 86.7 Å². The molecule has 22 atom stereocenters. The van der Waals surface area contributed by atoms with E-state index in [1.165, 1.54) is 9.25 Å². The van der Waals surface area contributed by atoms with E-state index in [0.29, 0.717) is 0 Å². The van der Waals surface area contributed by atoms with Crippen molar-refractivity contribution in [1.29, 1.82) is 0 Å². The van der Waals surface area contributed by atoms with Crippen molar-refractivity contribution < 1.29 is 235 Å². The number of aromatic nitrogens is 18. The Kier molecular flexibility index (Phi) is 33.2. The molecule has 90 heteroatoms. The number of aliphatic hydroxyl groups excluding tert-OH is 6. The van der Waals surface area contributed by atoms with Gasteiger partial charge in [-0.05, 0) is 21.3 Å². The number of ether oxygens (including phenoxy) is 4. The van der Waals surface area contributed by atoms with Crippen LogP contribution >= 0.6 is 93.9 Å². The number of phosphoric acid groups is 12. The molecule has 0 radical (unpaired) electrons. The van der Waals surface area contributed by atoms with Gasteiger partial charge in [0.25, 0.3) is 0 Å². The first-order valence-corrected chi connectivity index (χ1v) is 50.4. The van der Waals surface area contributed by atoms with Crippen molar-refractivity contribution in [2.75, 3.05) is 49.4 Å². The van der Waals surface area contributed by atoms with Gasteiger partial charge in [0.15, 0.2) is 86.6 Å². The van der Waals surface area contributed by atoms with E-state index in [9.17, 15) is 105 Å². The average molecular weight is 2080 g/mol. The fourth-order valence-corrected chi connectivity index (χ4v) is 22.7. The number of nitrogens with zero attached hydrogens (tertiary/aromatic N) is 24. The van der Waals surface area contributed by atoms with E-state index in [0.717, 1.165) is 34.6 Å². The van der Waals surface area contributed by atoms with Crippen molar-refractivity contribution in [3.05, 3.63) is 46.2 Å². The lowest BCUT2D eigenvalue weighted by molar-refractivity contribution is -0.0566. The second kappa shape index (κ2) is 40.5. The number of aliphatic hydroxyl groups is 6. The smallest absolute Gasteiger partial charge is 0.390 e. The Hall–Kier alpha value is -6.88. The quantitative estimate of drug-likeness (QED) is 0.00796. The molecule has 128 heavy (non-hydrogen) atoms. The van der Waals surface area contributed by atoms with Crippen molar-refractivity contribution in [3.63, 3.8) is 0 Å². The molecule has 4 saturated heterocycles. The minimum absolute atomic E-state index is 0.0199. The molecular formula is C38H60N28O50P12. The molecule has 22 unspecified atom stereocenters. The van der Waals surface area contributed by atoms with Crippen LogP contribution in [0.2, 0.25) is 0 Å². The number of hydrogen-bond acceptors (Lipinski definition) is 54. The first kappa shape index (κ1) is 105. The van der Waals surface area contributed by atoms with Gasteiger partial charge in [0.05, 0.1) is 38.6 Å². The molecule has 0 aliphatic carbocycles. The van der Waals surface area contributed by atoms with Gasteiger partial charge in [0.1, 0.15) is 80.4 Å². The van der Waals surface area contributed by atoms with Crippen LogP contribution in [0.25, 0.3) is 65.5 Å². The van der Waals surface area contributed by atoms with E-state index < -0.39 is 212 Å². The number of nitrogens with two attached hydrogens (primary N) is 4. The lowest BCUT2D eigenvalue weighted by atomic mass is 10.1. The molecule has 712 valence electrons. The minimum Gasteiger partial charge on any atom is -0.390 e. The summed E-state index contributed by atoms with van der Waals surface area (Å²) in [5, 5.41) is 83.2. The maximum absolute atomic E-state index is 11.9. The summed E-state index contributed by atoms with van der Waals surface area (Å²) in [5.41, 5.74) is 40.8. The van der Waals surface area contributed by atoms with Crippen molar-refractivity contribution in [3.8, 4) is 0 Å². The predicted octanol–water partition coefficient (Wildman–Crippen LogP) is -3.78. The van der Waals surface area contributed by atoms with Crippen LogP contribution in [-0.4, -0.2) is 285 Å². The third-order valence-electron chi connectivity index (χ3n) is 15.2. The number of fused-ring (bicyclic) bond motifs is 4. The van der Waals surface area contributed by atoms with Crippen LogP contribution in [0, 0.1) is 0 Å². The number of azide groups is 2. The largest absolute Gasteiger partial charge is 0.490 e. The molecule has 12 rings (SSSR count). The standard InChI is InChI=1S/C10H15N8O13P3.C10H15N8O12P3.C9H15N6O13P3.C9H15N6O12P3/c11-7-4-8(14-2-13-7)18(10(15-4)16-17-12)9-6(20)5(19)3(29-9)1-28-33(24,25)31-34(26,27)30-32(21,22)23;11-8-7-9(14-3-13-8)18(10(15-7)16-17-12)6-1-4(19)5(28-6)2-27-32(23,24)30-33(25,26)29-31(20,21)22;10-7-4-8(12-2-11-7)15(14-13-4)9-6(17)5(16)3(26-9)1-25-30(21,22)28-31(23,24)27-29(18,19)20;10-8-7-9(12-3-11-8)15(14-13-7)6-1-4(16)5(25-6)2-24-29(20,21)27-30(22,23)26-28(17,18)19/h2-3,5-6,9,19-20H,1H2,(H,24,25)(H,26,27)(H2,11,13,14)(H2,21,22,23);3-6,19H,1-2H2,(H,23,24)(H,25,26)(H2,11,13,14)(H2,20,21,22);2-3,5-6,9,16-17H,1H2,(H,21,22)(H,23,24)(H2,10,11,12)(H2,18,19,20);3-6,16H,1-2H2,(H,20,21)(H,22,23)(H2,10,11,12)(H2,17,18,19). The van der Waals surface area contributed by atoms with E-state index in [4.69, 9.17) is 112 Å². The first-order chi connectivity index (χ1) is 58.8. The van der Waals surface area contributed by atoms with Gasteiger partial charge in [0.2, 0.25) is 11.9 Å². The number of anilines is 4. The number of hydrogen-bond donors (Lipinski definition) is 26. The summed E-state index contributed by atoms with van der Waals surface area (Å²) in [7, 11) is -66.8. The maximum atomic E-state index is 11.9. The van der Waals surface area contributed by atoms with Crippen LogP contribution in [0.1, 0.15) is 37.8 Å². The highest BCUT2D eigenvalue weighted by molar-refractivity contribution is 7.68. The summed E-state index contributed by atoms with van der Waals surface area (Å²) in [5.74, 6) is -0.728. The molecule has 0 amide bonds. The zero-order valence-corrected chi connectivity index (χ0v) is 72.0. The Morgan fingerprint density at radius 3 is 1.01 bits per heavy atom. The second-order valence-electron chi connectivity index (χ2n) is 24.2. The Labute approximate surface area is 700 Å². The fourth-order valence-electron chi connectivity index (χ4n) is 10.5. The normalized spacial score (nSPS) is 26.6. The van der Waals surface area contributed by atoms with Gasteiger partial charge >= 0.3 is 93.9 Å². The van der Waals surface area contributed by atoms with E-state index in [1.54, 1.807) is 0 Å². The highest BCUT2D eigenvalue weighted by atomic mass is 31.3. The molecule has 0 spiro atoms. The molecule has 8 aromatic heterocycles. The highest BCUT2D eigenvalue weighted by Crippen LogP contribution is 2.70. The monoisotopic (exact) mass is 2080 g/mol. The molecule has 4 fully saturated rings. The van der Waals surface area contributed by atoms with Crippen LogP contribution in [0.5, 0.6) is 0 Å². The lowest BCUT2D eigenvalue weighted by Crippen LogP contribution is -2.33. The van der Waals surface area contributed by atoms with Gasteiger partial charge in [-0.15, -0.1) is 10.2 Å². The summed E-state index contributed by atoms with van der Waals surface area (Å²) >= 11 is 0. The molecule has 0 saturated carbocycles. The van der Waals surface area contributed by atoms with Crippen molar-refractivity contribution in [2.45, 2.75) is 98.8 Å². The maximum Gasteiger partial charge on any atom is 0.490 e. The Morgan fingerprint density at radius 1 is 0.359 bits per heavy atom. The number of rotatable bonds is 34. The van der Waals surface area contributed by atoms with Crippen molar-refractivity contribution in [1.82, 2.24) is 89.0 Å². The predicted molar refractivity (Wildman–Crippen MR) is 392 cm³/mol. The van der Waals surface area contributed by atoms with Gasteiger partial charge in [-0.1, -0.05) is 10.4 Å². The molecule has 12 heterocycles. The van der Waals surface area contributed by atoms with E-state index in [2.05, 4.69) is 143 Å². The number of nitrogen functional groups attached to an aromatic ring is 4. The first-order valence-electron chi connectivity index (χ1n) is 32.3. The molecule has 8 aromatic rings. The summed E-state index contributed by atoms with van der Waals surface area (Å²) in [6.45, 7) is -3.74. The summed E-state index contributed by atoms with van der Waals surface area (Å²) in [6, 6.07) is 0. The number of phosphoric ester groups is 4. The van der Waals surface area contributed by atoms with Crippen LogP contribution in [-0.2, 0) is 126 Å². The van der Waals surface area contributed by atoms with E-state index in [1.807, 2.05) is 0 Å². The molecule has 30 N–H and O–H groups in total. The third kappa shape index (κ3) is 28.6. The Bertz CT molecular complexity index is 6140. The van der Waals surface area contributed by atoms with Crippen molar-refractivity contribution >= 4 is 174 Å². The zero-order valence-electron chi connectivity index (χ0n) is 61.3. The Morgan fingerprint density at radius 2 is 0.648 bits per heavy atom. The SMILES string of the molecule is Nc1ncnc2c1nnn2C1CC(O)C(COP(=O)(O)OP(=O)(O)OP(=O)(O)O)O1.Nc1ncnc2c1nnn2C1OC(COP(=O)(O)OP(=O)(O)OP(=O)(O)O)C(O)C1O.[N-]=[N+]=Nc1nc2c(N)ncnc2n1C1CC(O)C(COP(=O)(O)OP(=O)(O)OP(=O)(O)O)O1.[N-]=[N+]=Nc1nc2c(N)ncnc2n1C1OC(COP(=O)(O)OP(=O)(O)OP(=O)(O)O)C(O)C1O. The van der Waals surface area contributed by atoms with Crippen molar-refractivity contribution in [2.24, 2.45) is 10.2 Å².